The molecule has 20 heavy (non-hydrogen) atoms. The summed E-state index contributed by atoms with van der Waals surface area (Å²) in [5, 5.41) is 2.99. The van der Waals surface area contributed by atoms with E-state index in [0.717, 1.165) is 11.3 Å². The van der Waals surface area contributed by atoms with Gasteiger partial charge in [-0.15, -0.1) is 0 Å². The summed E-state index contributed by atoms with van der Waals surface area (Å²) < 4.78 is 5.08. The van der Waals surface area contributed by atoms with Crippen LogP contribution in [0.25, 0.3) is 0 Å². The lowest BCUT2D eigenvalue weighted by Gasteiger charge is -2.14. The number of nitrogens with one attached hydrogen (secondary N) is 1. The molecule has 0 spiro atoms. The maximum Gasteiger partial charge on any atom is 0.251 e. The smallest absolute Gasteiger partial charge is 0.251 e. The summed E-state index contributed by atoms with van der Waals surface area (Å²) in [7, 11) is 1.61. The highest BCUT2D eigenvalue weighted by molar-refractivity contribution is 5.94. The summed E-state index contributed by atoms with van der Waals surface area (Å²) in [4.78, 5) is 12.1. The second-order valence-electron chi connectivity index (χ2n) is 4.83. The topological polar surface area (TPSA) is 38.3 Å². The largest absolute Gasteiger partial charge is 0.497 e. The van der Waals surface area contributed by atoms with Crippen LogP contribution in [0, 0.1) is 6.92 Å². The molecule has 3 nitrogen and oxygen atoms in total. The van der Waals surface area contributed by atoms with Crippen LogP contribution in [0.1, 0.15) is 34.5 Å². The fourth-order valence-corrected chi connectivity index (χ4v) is 1.96. The van der Waals surface area contributed by atoms with Crippen molar-refractivity contribution in [2.75, 3.05) is 7.11 Å². The van der Waals surface area contributed by atoms with Gasteiger partial charge in [0.05, 0.1) is 13.2 Å². The summed E-state index contributed by atoms with van der Waals surface area (Å²) in [5.41, 5.74) is 2.93. The second kappa shape index (κ2) is 6.24. The van der Waals surface area contributed by atoms with Gasteiger partial charge in [0.15, 0.2) is 0 Å². The molecule has 3 heteroatoms. The summed E-state index contributed by atoms with van der Waals surface area (Å²) >= 11 is 0. The average Bonchev–Trinajstić information content (AvgIpc) is 2.48. The molecule has 0 aliphatic heterocycles. The van der Waals surface area contributed by atoms with E-state index in [-0.39, 0.29) is 11.9 Å². The molecule has 0 saturated carbocycles. The molecule has 0 bridgehead atoms. The first-order valence-electron chi connectivity index (χ1n) is 6.61. The molecule has 0 aromatic heterocycles. The fraction of sp³-hybridized carbons (Fsp3) is 0.235. The Labute approximate surface area is 119 Å². The van der Waals surface area contributed by atoms with Crippen LogP contribution in [0.5, 0.6) is 5.75 Å². The Morgan fingerprint density at radius 1 is 1.05 bits per heavy atom. The van der Waals surface area contributed by atoms with Crippen molar-refractivity contribution < 1.29 is 9.53 Å². The number of hydrogen-bond acceptors (Lipinski definition) is 2. The Hall–Kier alpha value is -2.29. The first kappa shape index (κ1) is 14.1. The van der Waals surface area contributed by atoms with Crippen LogP contribution >= 0.6 is 0 Å². The third-order valence-corrected chi connectivity index (χ3v) is 3.28. The zero-order valence-electron chi connectivity index (χ0n) is 12.0. The molecule has 1 amide bonds. The van der Waals surface area contributed by atoms with Gasteiger partial charge in [-0.25, -0.2) is 0 Å². The Morgan fingerprint density at radius 2 is 1.65 bits per heavy atom. The van der Waals surface area contributed by atoms with Crippen molar-refractivity contribution in [1.82, 2.24) is 5.32 Å². The molecule has 1 N–H and O–H groups in total. The molecule has 0 aliphatic rings. The molecule has 1 atom stereocenters. The number of benzene rings is 2. The van der Waals surface area contributed by atoms with E-state index < -0.39 is 0 Å². The highest BCUT2D eigenvalue weighted by Gasteiger charge is 2.11. The van der Waals surface area contributed by atoms with Crippen LogP contribution in [0.15, 0.2) is 48.5 Å². The van der Waals surface area contributed by atoms with Crippen LogP contribution in [-0.4, -0.2) is 13.0 Å². The van der Waals surface area contributed by atoms with Crippen molar-refractivity contribution in [1.29, 1.82) is 0 Å². The lowest BCUT2D eigenvalue weighted by Crippen LogP contribution is -2.26. The van der Waals surface area contributed by atoms with Gasteiger partial charge < -0.3 is 10.1 Å². The van der Waals surface area contributed by atoms with Gasteiger partial charge in [-0.1, -0.05) is 29.8 Å². The molecular weight excluding hydrogens is 250 g/mol. The molecule has 0 aliphatic carbocycles. The standard InChI is InChI=1S/C17H19NO2/c1-12-4-6-14(7-5-12)13(2)18-17(19)15-8-10-16(20-3)11-9-15/h4-11,13H,1-3H3,(H,18,19). The van der Waals surface area contributed by atoms with Crippen molar-refractivity contribution in [3.05, 3.63) is 65.2 Å². The first-order chi connectivity index (χ1) is 9.60. The van der Waals surface area contributed by atoms with Crippen molar-refractivity contribution in [2.24, 2.45) is 0 Å². The first-order valence-corrected chi connectivity index (χ1v) is 6.61. The van der Waals surface area contributed by atoms with E-state index in [1.165, 1.54) is 5.56 Å². The molecule has 2 aromatic carbocycles. The number of ether oxygens (including phenoxy) is 1. The van der Waals surface area contributed by atoms with Crippen LogP contribution in [-0.2, 0) is 0 Å². The molecule has 104 valence electrons. The van der Waals surface area contributed by atoms with Gasteiger partial charge in [0.1, 0.15) is 5.75 Å². The number of hydrogen-bond donors (Lipinski definition) is 1. The quantitative estimate of drug-likeness (QED) is 0.922. The van der Waals surface area contributed by atoms with Gasteiger partial charge in [0.25, 0.3) is 5.91 Å². The Kier molecular flexibility index (Phi) is 4.41. The number of carbonyl (C=O) groups excluding carboxylic acids is 1. The second-order valence-corrected chi connectivity index (χ2v) is 4.83. The van der Waals surface area contributed by atoms with Crippen molar-refractivity contribution in [3.8, 4) is 5.75 Å². The van der Waals surface area contributed by atoms with E-state index in [9.17, 15) is 4.79 Å². The Morgan fingerprint density at radius 3 is 2.20 bits per heavy atom. The van der Waals surface area contributed by atoms with Gasteiger partial charge >= 0.3 is 0 Å². The molecule has 0 fully saturated rings. The van der Waals surface area contributed by atoms with Gasteiger partial charge in [0, 0.05) is 5.56 Å². The minimum Gasteiger partial charge on any atom is -0.497 e. The number of aryl methyl sites for hydroxylation is 1. The zero-order valence-corrected chi connectivity index (χ0v) is 12.0. The lowest BCUT2D eigenvalue weighted by molar-refractivity contribution is 0.0940. The summed E-state index contributed by atoms with van der Waals surface area (Å²) in [6.45, 7) is 4.02. The minimum absolute atomic E-state index is 0.0230. The van der Waals surface area contributed by atoms with Gasteiger partial charge in [-0.2, -0.15) is 0 Å². The van der Waals surface area contributed by atoms with Crippen molar-refractivity contribution in [2.45, 2.75) is 19.9 Å². The molecule has 1 unspecified atom stereocenters. The van der Waals surface area contributed by atoms with E-state index in [1.807, 2.05) is 38.1 Å². The highest BCUT2D eigenvalue weighted by atomic mass is 16.5. The molecule has 0 radical (unpaired) electrons. The SMILES string of the molecule is COc1ccc(C(=O)NC(C)c2ccc(C)cc2)cc1. The summed E-state index contributed by atoms with van der Waals surface area (Å²) in [5.74, 6) is 0.661. The number of carbonyl (C=O) groups is 1. The summed E-state index contributed by atoms with van der Waals surface area (Å²) in [6, 6.07) is 15.2. The predicted octanol–water partition coefficient (Wildman–Crippen LogP) is 3.49. The Bertz CT molecular complexity index is 573. The van der Waals surface area contributed by atoms with E-state index in [1.54, 1.807) is 31.4 Å². The van der Waals surface area contributed by atoms with Crippen LogP contribution in [0.2, 0.25) is 0 Å². The third-order valence-electron chi connectivity index (χ3n) is 3.28. The van der Waals surface area contributed by atoms with Gasteiger partial charge in [-0.3, -0.25) is 4.79 Å². The fourth-order valence-electron chi connectivity index (χ4n) is 1.96. The zero-order chi connectivity index (χ0) is 14.5. The number of methoxy groups -OCH3 is 1. The van der Waals surface area contributed by atoms with Gasteiger partial charge in [-0.05, 0) is 43.7 Å². The van der Waals surface area contributed by atoms with Crippen molar-refractivity contribution >= 4 is 5.91 Å². The van der Waals surface area contributed by atoms with E-state index in [2.05, 4.69) is 5.32 Å². The predicted molar refractivity (Wildman–Crippen MR) is 80.1 cm³/mol. The lowest BCUT2D eigenvalue weighted by atomic mass is 10.1. The van der Waals surface area contributed by atoms with Gasteiger partial charge in [0.2, 0.25) is 0 Å². The maximum absolute atomic E-state index is 12.1. The molecule has 0 saturated heterocycles. The number of amides is 1. The maximum atomic E-state index is 12.1. The van der Waals surface area contributed by atoms with Crippen LogP contribution in [0.4, 0.5) is 0 Å². The van der Waals surface area contributed by atoms with Crippen LogP contribution < -0.4 is 10.1 Å². The minimum atomic E-state index is -0.0827. The van der Waals surface area contributed by atoms with E-state index >= 15 is 0 Å². The van der Waals surface area contributed by atoms with Crippen molar-refractivity contribution in [3.63, 3.8) is 0 Å². The number of rotatable bonds is 4. The molecular formula is C17H19NO2. The average molecular weight is 269 g/mol. The van der Waals surface area contributed by atoms with E-state index in [0.29, 0.717) is 5.56 Å². The van der Waals surface area contributed by atoms with E-state index in [4.69, 9.17) is 4.74 Å². The highest BCUT2D eigenvalue weighted by Crippen LogP contribution is 2.15. The molecule has 2 rings (SSSR count). The molecule has 0 heterocycles. The Balaban J connectivity index is 2.04. The third kappa shape index (κ3) is 3.38. The van der Waals surface area contributed by atoms with Crippen LogP contribution in [0.3, 0.4) is 0 Å². The summed E-state index contributed by atoms with van der Waals surface area (Å²) in [6.07, 6.45) is 0. The monoisotopic (exact) mass is 269 g/mol. The normalized spacial score (nSPS) is 11.8. The molecule has 2 aromatic rings.